The molecule has 2 N–H and O–H groups in total. The molecule has 0 saturated carbocycles. The lowest BCUT2D eigenvalue weighted by atomic mass is 10.2. The quantitative estimate of drug-likeness (QED) is 0.661. The molecule has 2 rings (SSSR count). The Morgan fingerprint density at radius 3 is 1.96 bits per heavy atom. The first-order valence-corrected chi connectivity index (χ1v) is 9.74. The van der Waals surface area contributed by atoms with Gasteiger partial charge in [-0.25, -0.2) is 0 Å². The van der Waals surface area contributed by atoms with E-state index < -0.39 is 22.6 Å². The Labute approximate surface area is 165 Å². The molecule has 2 aromatic rings. The fourth-order valence-electron chi connectivity index (χ4n) is 2.31. The van der Waals surface area contributed by atoms with E-state index in [9.17, 15) is 13.8 Å². The summed E-state index contributed by atoms with van der Waals surface area (Å²) in [6, 6.07) is 11.7. The summed E-state index contributed by atoms with van der Waals surface area (Å²) in [4.78, 5) is 24.2. The van der Waals surface area contributed by atoms with Gasteiger partial charge in [0.1, 0.15) is 28.8 Å². The maximum Gasteiger partial charge on any atom is 0.237 e. The average molecular weight is 406 g/mol. The molecule has 9 heteroatoms. The molecule has 2 amide bonds. The smallest absolute Gasteiger partial charge is 0.237 e. The molecular formula is C19H22N2O6S. The standard InChI is InChI=1S/C19H22N2O6S/c1-25-14-6-4-13(5-7-14)20-18(22)11-28(24)12-19(23)21-16-10-15(26-2)8-9-17(16)27-3/h4-10H,11-12H2,1-3H3,(H,20,22)(H,21,23). The summed E-state index contributed by atoms with van der Waals surface area (Å²) in [7, 11) is 2.85. The van der Waals surface area contributed by atoms with E-state index in [1.165, 1.54) is 14.2 Å². The van der Waals surface area contributed by atoms with Crippen LogP contribution in [0.4, 0.5) is 11.4 Å². The van der Waals surface area contributed by atoms with Crippen LogP contribution in [-0.2, 0) is 20.4 Å². The Hall–Kier alpha value is -3.07. The third-order valence-electron chi connectivity index (χ3n) is 3.64. The van der Waals surface area contributed by atoms with E-state index in [2.05, 4.69) is 10.6 Å². The Balaban J connectivity index is 1.88. The molecule has 0 saturated heterocycles. The van der Waals surface area contributed by atoms with Crippen molar-refractivity contribution < 1.29 is 28.0 Å². The van der Waals surface area contributed by atoms with Gasteiger partial charge in [0.2, 0.25) is 11.8 Å². The molecule has 0 radical (unpaired) electrons. The zero-order valence-corrected chi connectivity index (χ0v) is 16.6. The first-order chi connectivity index (χ1) is 13.4. The van der Waals surface area contributed by atoms with Gasteiger partial charge in [0.25, 0.3) is 0 Å². The highest BCUT2D eigenvalue weighted by molar-refractivity contribution is 7.86. The second-order valence-electron chi connectivity index (χ2n) is 5.62. The number of hydrogen-bond acceptors (Lipinski definition) is 6. The molecule has 0 heterocycles. The van der Waals surface area contributed by atoms with Crippen molar-refractivity contribution in [2.24, 2.45) is 0 Å². The summed E-state index contributed by atoms with van der Waals surface area (Å²) in [6.45, 7) is 0. The van der Waals surface area contributed by atoms with Crippen LogP contribution in [0.1, 0.15) is 0 Å². The van der Waals surface area contributed by atoms with Crippen LogP contribution in [0.3, 0.4) is 0 Å². The van der Waals surface area contributed by atoms with Gasteiger partial charge < -0.3 is 24.8 Å². The normalized spacial score (nSPS) is 11.2. The number of rotatable bonds is 9. The van der Waals surface area contributed by atoms with Crippen molar-refractivity contribution in [1.29, 1.82) is 0 Å². The fourth-order valence-corrected chi connectivity index (χ4v) is 3.14. The van der Waals surface area contributed by atoms with Gasteiger partial charge in [-0.3, -0.25) is 13.8 Å². The molecule has 0 aliphatic heterocycles. The number of anilines is 2. The van der Waals surface area contributed by atoms with Crippen molar-refractivity contribution in [3.8, 4) is 17.2 Å². The first-order valence-electron chi connectivity index (χ1n) is 8.26. The SMILES string of the molecule is COc1ccc(NC(=O)CS(=O)CC(=O)Nc2cc(OC)ccc2OC)cc1. The highest BCUT2D eigenvalue weighted by Gasteiger charge is 2.15. The number of benzene rings is 2. The lowest BCUT2D eigenvalue weighted by Crippen LogP contribution is -2.26. The molecule has 1 atom stereocenters. The molecule has 28 heavy (non-hydrogen) atoms. The van der Waals surface area contributed by atoms with Crippen LogP contribution in [0.15, 0.2) is 42.5 Å². The van der Waals surface area contributed by atoms with Gasteiger partial charge in [0, 0.05) is 22.6 Å². The molecule has 2 aromatic carbocycles. The number of hydrogen-bond donors (Lipinski definition) is 2. The minimum Gasteiger partial charge on any atom is -0.497 e. The van der Waals surface area contributed by atoms with Crippen molar-refractivity contribution in [3.63, 3.8) is 0 Å². The van der Waals surface area contributed by atoms with E-state index in [1.54, 1.807) is 49.6 Å². The number of methoxy groups -OCH3 is 3. The van der Waals surface area contributed by atoms with E-state index in [-0.39, 0.29) is 11.5 Å². The predicted molar refractivity (Wildman–Crippen MR) is 108 cm³/mol. The maximum absolute atomic E-state index is 12.2. The van der Waals surface area contributed by atoms with Crippen molar-refractivity contribution in [2.75, 3.05) is 43.5 Å². The lowest BCUT2D eigenvalue weighted by Gasteiger charge is -2.11. The van der Waals surface area contributed by atoms with E-state index in [0.29, 0.717) is 28.6 Å². The lowest BCUT2D eigenvalue weighted by molar-refractivity contribution is -0.114. The minimum absolute atomic E-state index is 0.297. The van der Waals surface area contributed by atoms with Crippen molar-refractivity contribution in [3.05, 3.63) is 42.5 Å². The van der Waals surface area contributed by atoms with E-state index in [4.69, 9.17) is 14.2 Å². The molecule has 0 aromatic heterocycles. The molecule has 0 aliphatic carbocycles. The highest BCUT2D eigenvalue weighted by atomic mass is 32.2. The van der Waals surface area contributed by atoms with Gasteiger partial charge in [0.05, 0.1) is 27.0 Å². The molecule has 0 bridgehead atoms. The average Bonchev–Trinajstić information content (AvgIpc) is 2.68. The van der Waals surface area contributed by atoms with Gasteiger partial charge in [-0.1, -0.05) is 0 Å². The maximum atomic E-state index is 12.2. The van der Waals surface area contributed by atoms with Gasteiger partial charge in [-0.05, 0) is 36.4 Å². The number of carbonyl (C=O) groups is 2. The van der Waals surface area contributed by atoms with Crippen LogP contribution in [-0.4, -0.2) is 48.9 Å². The van der Waals surface area contributed by atoms with Crippen molar-refractivity contribution >= 4 is 34.0 Å². The molecule has 8 nitrogen and oxygen atoms in total. The number of nitrogens with one attached hydrogen (secondary N) is 2. The van der Waals surface area contributed by atoms with Gasteiger partial charge >= 0.3 is 0 Å². The summed E-state index contributed by atoms with van der Waals surface area (Å²) >= 11 is 0. The predicted octanol–water partition coefficient (Wildman–Crippen LogP) is 2.04. The fraction of sp³-hybridized carbons (Fsp3) is 0.263. The Kier molecular flexibility index (Phi) is 7.82. The van der Waals surface area contributed by atoms with E-state index in [1.807, 2.05) is 0 Å². The molecular weight excluding hydrogens is 384 g/mol. The van der Waals surface area contributed by atoms with Crippen LogP contribution in [0.25, 0.3) is 0 Å². The number of carbonyl (C=O) groups excluding carboxylic acids is 2. The van der Waals surface area contributed by atoms with Crippen LogP contribution in [0, 0.1) is 0 Å². The van der Waals surface area contributed by atoms with Crippen molar-refractivity contribution in [2.45, 2.75) is 0 Å². The van der Waals surface area contributed by atoms with E-state index >= 15 is 0 Å². The van der Waals surface area contributed by atoms with Crippen LogP contribution >= 0.6 is 0 Å². The van der Waals surface area contributed by atoms with E-state index in [0.717, 1.165) is 0 Å². The summed E-state index contributed by atoms with van der Waals surface area (Å²) in [5.41, 5.74) is 0.944. The molecule has 0 spiro atoms. The molecule has 0 aliphatic rings. The second-order valence-corrected chi connectivity index (χ2v) is 7.08. The second kappa shape index (κ2) is 10.3. The van der Waals surface area contributed by atoms with Gasteiger partial charge in [-0.15, -0.1) is 0 Å². The van der Waals surface area contributed by atoms with Crippen molar-refractivity contribution in [1.82, 2.24) is 0 Å². The monoisotopic (exact) mass is 406 g/mol. The molecule has 150 valence electrons. The Morgan fingerprint density at radius 2 is 1.39 bits per heavy atom. The topological polar surface area (TPSA) is 103 Å². The third-order valence-corrected chi connectivity index (χ3v) is 4.81. The highest BCUT2D eigenvalue weighted by Crippen LogP contribution is 2.28. The number of ether oxygens (including phenoxy) is 3. The summed E-state index contributed by atoms with van der Waals surface area (Å²) in [5.74, 6) is 0.0716. The summed E-state index contributed by atoms with van der Waals surface area (Å²) < 4.78 is 27.5. The minimum atomic E-state index is -1.67. The Bertz CT molecular complexity index is 854. The van der Waals surface area contributed by atoms with Crippen LogP contribution in [0.5, 0.6) is 17.2 Å². The van der Waals surface area contributed by atoms with Gasteiger partial charge in [-0.2, -0.15) is 0 Å². The zero-order valence-electron chi connectivity index (χ0n) is 15.8. The van der Waals surface area contributed by atoms with Gasteiger partial charge in [0.15, 0.2) is 0 Å². The number of amides is 2. The largest absolute Gasteiger partial charge is 0.497 e. The molecule has 0 fully saturated rings. The summed E-state index contributed by atoms with van der Waals surface area (Å²) in [6.07, 6.45) is 0. The zero-order chi connectivity index (χ0) is 20.5. The molecule has 1 unspecified atom stereocenters. The third kappa shape index (κ3) is 6.27. The first kappa shape index (κ1) is 21.2. The van der Waals surface area contributed by atoms with Crippen LogP contribution in [0.2, 0.25) is 0 Å². The Morgan fingerprint density at radius 1 is 0.821 bits per heavy atom. The summed E-state index contributed by atoms with van der Waals surface area (Å²) in [5, 5.41) is 5.24. The van der Waals surface area contributed by atoms with Crippen LogP contribution < -0.4 is 24.8 Å².